The van der Waals surface area contributed by atoms with E-state index in [4.69, 9.17) is 0 Å². The van der Waals surface area contributed by atoms with E-state index in [-0.39, 0.29) is 11.8 Å². The summed E-state index contributed by atoms with van der Waals surface area (Å²) in [5, 5.41) is 0. The summed E-state index contributed by atoms with van der Waals surface area (Å²) in [6.07, 6.45) is 2.36. The molecule has 0 bridgehead atoms. The molecule has 2 rings (SSSR count). The van der Waals surface area contributed by atoms with Crippen molar-refractivity contribution in [2.45, 2.75) is 51.6 Å². The molecule has 1 fully saturated rings. The topological polar surface area (TPSA) is 40.6 Å². The lowest BCUT2D eigenvalue weighted by Gasteiger charge is -2.39. The van der Waals surface area contributed by atoms with Crippen LogP contribution >= 0.6 is 0 Å². The molecule has 2 aliphatic rings. The average molecular weight is 311 g/mol. The predicted molar refractivity (Wildman–Crippen MR) is 86.4 cm³/mol. The van der Waals surface area contributed by atoms with E-state index in [1.807, 2.05) is 0 Å². The fourth-order valence-corrected chi connectivity index (χ4v) is 17.7. The molecule has 2 heterocycles. The van der Waals surface area contributed by atoms with Gasteiger partial charge in [-0.15, -0.1) is 0 Å². The molecule has 0 N–H and O–H groups in total. The van der Waals surface area contributed by atoms with Gasteiger partial charge < -0.3 is 4.23 Å². The van der Waals surface area contributed by atoms with Crippen molar-refractivity contribution in [3.8, 4) is 0 Å². The summed E-state index contributed by atoms with van der Waals surface area (Å²) < 4.78 is 2.80. The van der Waals surface area contributed by atoms with Gasteiger partial charge in [0.25, 0.3) is 11.8 Å². The van der Waals surface area contributed by atoms with Gasteiger partial charge in [0.1, 0.15) is 16.5 Å². The van der Waals surface area contributed by atoms with Gasteiger partial charge in [-0.1, -0.05) is 26.2 Å². The quantitative estimate of drug-likeness (QED) is 0.591. The van der Waals surface area contributed by atoms with Crippen LogP contribution in [0.15, 0.2) is 11.6 Å². The van der Waals surface area contributed by atoms with E-state index < -0.39 is 16.5 Å². The second kappa shape index (κ2) is 5.23. The Balaban J connectivity index is 1.91. The van der Waals surface area contributed by atoms with Crippen molar-refractivity contribution >= 4 is 28.3 Å². The van der Waals surface area contributed by atoms with Gasteiger partial charge in [-0.2, -0.15) is 0 Å². The molecule has 1 saturated heterocycles. The Morgan fingerprint density at radius 3 is 2.05 bits per heavy atom. The van der Waals surface area contributed by atoms with Crippen LogP contribution in [0.25, 0.3) is 0 Å². The number of hydrogen-bond acceptors (Lipinski definition) is 3. The molecule has 20 heavy (non-hydrogen) atoms. The van der Waals surface area contributed by atoms with E-state index in [9.17, 15) is 9.59 Å². The second-order valence-corrected chi connectivity index (χ2v) is 17.0. The van der Waals surface area contributed by atoms with Gasteiger partial charge in [-0.25, -0.2) is 0 Å². The van der Waals surface area contributed by atoms with Gasteiger partial charge in [0.2, 0.25) is 0 Å². The zero-order valence-corrected chi connectivity index (χ0v) is 15.3. The lowest BCUT2D eigenvalue weighted by atomic mass is 10.3. The van der Waals surface area contributed by atoms with Crippen LogP contribution in [0, 0.1) is 0 Å². The van der Waals surface area contributed by atoms with Crippen LogP contribution in [0.5, 0.6) is 0 Å². The number of rotatable bonds is 4. The van der Waals surface area contributed by atoms with Crippen LogP contribution in [0.2, 0.25) is 38.3 Å². The standard InChI is InChI=1S/C14H26N2O2Si2/c1-12-11-13(17)15(14(12)18)7-6-8-16-19(2,3)9-10-20(16,4)5/h11H,6-10H2,1-5H3. The summed E-state index contributed by atoms with van der Waals surface area (Å²) in [6.45, 7) is 13.1. The van der Waals surface area contributed by atoms with Crippen LogP contribution in [0.3, 0.4) is 0 Å². The van der Waals surface area contributed by atoms with E-state index in [0.717, 1.165) is 13.0 Å². The first-order valence-corrected chi connectivity index (χ1v) is 13.8. The minimum absolute atomic E-state index is 0.107. The first-order chi connectivity index (χ1) is 9.15. The van der Waals surface area contributed by atoms with Crippen LogP contribution in [0.4, 0.5) is 0 Å². The Hall–Kier alpha value is -0.726. The lowest BCUT2D eigenvalue weighted by molar-refractivity contribution is -0.137. The third-order valence-electron chi connectivity index (χ3n) is 4.76. The monoisotopic (exact) mass is 310 g/mol. The minimum Gasteiger partial charge on any atom is -0.345 e. The van der Waals surface area contributed by atoms with Crippen molar-refractivity contribution in [1.29, 1.82) is 0 Å². The number of carbonyl (C=O) groups excluding carboxylic acids is 2. The smallest absolute Gasteiger partial charge is 0.256 e. The van der Waals surface area contributed by atoms with Crippen LogP contribution in [-0.2, 0) is 9.59 Å². The maximum Gasteiger partial charge on any atom is 0.256 e. The Labute approximate surface area is 124 Å². The lowest BCUT2D eigenvalue weighted by Crippen LogP contribution is -2.55. The first kappa shape index (κ1) is 15.7. The predicted octanol–water partition coefficient (Wildman–Crippen LogP) is 2.42. The fourth-order valence-electron chi connectivity index (χ4n) is 3.54. The van der Waals surface area contributed by atoms with E-state index >= 15 is 0 Å². The Kier molecular flexibility index (Phi) is 4.10. The molecule has 112 valence electrons. The molecule has 0 aromatic carbocycles. The zero-order chi connectivity index (χ0) is 15.1. The van der Waals surface area contributed by atoms with Crippen molar-refractivity contribution in [3.63, 3.8) is 0 Å². The third-order valence-corrected chi connectivity index (χ3v) is 15.2. The molecular formula is C14H26N2O2Si2. The SMILES string of the molecule is CC1=CC(=O)N(CCCN2[Si](C)(C)CC[Si]2(C)C)C1=O. The van der Waals surface area contributed by atoms with Crippen molar-refractivity contribution in [3.05, 3.63) is 11.6 Å². The highest BCUT2D eigenvalue weighted by atomic mass is 28.4. The first-order valence-electron chi connectivity index (χ1n) is 7.47. The van der Waals surface area contributed by atoms with Gasteiger partial charge >= 0.3 is 0 Å². The van der Waals surface area contributed by atoms with Gasteiger partial charge in [0.15, 0.2) is 0 Å². The third kappa shape index (κ3) is 2.82. The Bertz CT molecular complexity index is 456. The van der Waals surface area contributed by atoms with Gasteiger partial charge in [0, 0.05) is 18.2 Å². The number of carbonyl (C=O) groups is 2. The largest absolute Gasteiger partial charge is 0.345 e. The molecule has 0 radical (unpaired) electrons. The molecule has 6 heteroatoms. The van der Waals surface area contributed by atoms with Crippen molar-refractivity contribution in [2.24, 2.45) is 0 Å². The molecule has 0 saturated carbocycles. The summed E-state index contributed by atoms with van der Waals surface area (Å²) in [6, 6.07) is 2.79. The normalized spacial score (nSPS) is 25.4. The molecule has 0 aromatic heterocycles. The van der Waals surface area contributed by atoms with Crippen molar-refractivity contribution in [2.75, 3.05) is 13.1 Å². The van der Waals surface area contributed by atoms with Crippen molar-refractivity contribution < 1.29 is 9.59 Å². The maximum atomic E-state index is 11.8. The molecule has 0 spiro atoms. The summed E-state index contributed by atoms with van der Waals surface area (Å²) in [7, 11) is -2.47. The number of amides is 2. The molecule has 0 aromatic rings. The van der Waals surface area contributed by atoms with Crippen LogP contribution < -0.4 is 0 Å². The Morgan fingerprint density at radius 2 is 1.60 bits per heavy atom. The summed E-state index contributed by atoms with van der Waals surface area (Å²) in [5.74, 6) is -0.244. The zero-order valence-electron chi connectivity index (χ0n) is 13.3. The fraction of sp³-hybridized carbons (Fsp3) is 0.714. The average Bonchev–Trinajstić information content (AvgIpc) is 2.69. The Morgan fingerprint density at radius 1 is 1.05 bits per heavy atom. The summed E-state index contributed by atoms with van der Waals surface area (Å²) >= 11 is 0. The molecule has 0 unspecified atom stereocenters. The van der Waals surface area contributed by atoms with Gasteiger partial charge in [0.05, 0.1) is 0 Å². The van der Waals surface area contributed by atoms with E-state index in [2.05, 4.69) is 30.4 Å². The molecule has 0 atom stereocenters. The molecular weight excluding hydrogens is 284 g/mol. The molecule has 4 nitrogen and oxygen atoms in total. The minimum atomic E-state index is -1.24. The summed E-state index contributed by atoms with van der Waals surface area (Å²) in [4.78, 5) is 24.9. The highest BCUT2D eigenvalue weighted by Crippen LogP contribution is 2.36. The molecule has 2 aliphatic heterocycles. The van der Waals surface area contributed by atoms with E-state index in [1.165, 1.54) is 23.1 Å². The van der Waals surface area contributed by atoms with E-state index in [0.29, 0.717) is 12.1 Å². The summed E-state index contributed by atoms with van der Waals surface area (Å²) in [5.41, 5.74) is 0.570. The van der Waals surface area contributed by atoms with Gasteiger partial charge in [-0.05, 0) is 32.0 Å². The number of hydrogen-bond donors (Lipinski definition) is 0. The van der Waals surface area contributed by atoms with Crippen LogP contribution in [0.1, 0.15) is 13.3 Å². The molecule has 2 amide bonds. The van der Waals surface area contributed by atoms with Crippen LogP contribution in [-0.4, -0.2) is 50.5 Å². The number of imide groups is 1. The highest BCUT2D eigenvalue weighted by molar-refractivity contribution is 6.95. The van der Waals surface area contributed by atoms with Crippen molar-refractivity contribution in [1.82, 2.24) is 9.13 Å². The second-order valence-electron chi connectivity index (χ2n) is 7.25. The maximum absolute atomic E-state index is 11.8. The van der Waals surface area contributed by atoms with Gasteiger partial charge in [-0.3, -0.25) is 14.5 Å². The highest BCUT2D eigenvalue weighted by Gasteiger charge is 2.46. The molecule has 0 aliphatic carbocycles. The van der Waals surface area contributed by atoms with E-state index in [1.54, 1.807) is 6.92 Å². The number of nitrogens with zero attached hydrogens (tertiary/aromatic N) is 2.